The van der Waals surface area contributed by atoms with Crippen LogP contribution in [0.4, 0.5) is 0 Å². The maximum absolute atomic E-state index is 9.72. The van der Waals surface area contributed by atoms with Crippen LogP contribution in [0.2, 0.25) is 0 Å². The molecule has 3 nitrogen and oxygen atoms in total. The van der Waals surface area contributed by atoms with E-state index in [0.717, 1.165) is 22.4 Å². The van der Waals surface area contributed by atoms with Crippen molar-refractivity contribution >= 4 is 23.2 Å². The Morgan fingerprint density at radius 3 is 2.53 bits per heavy atom. The minimum absolute atomic E-state index is 0.275. The molecular weight excluding hydrogens is 236 g/mol. The number of aromatic hydroxyl groups is 1. The van der Waals surface area contributed by atoms with Crippen LogP contribution in [0.1, 0.15) is 11.4 Å². The van der Waals surface area contributed by atoms with E-state index in [4.69, 9.17) is 0 Å². The third-order valence-electron chi connectivity index (χ3n) is 3.17. The second-order valence-corrected chi connectivity index (χ2v) is 4.41. The molecule has 0 aliphatic rings. The zero-order valence-electron chi connectivity index (χ0n) is 10.6. The topological polar surface area (TPSA) is 38.0 Å². The zero-order chi connectivity index (χ0) is 13.2. The lowest BCUT2D eigenvalue weighted by atomic mass is 10.2. The Labute approximate surface area is 111 Å². The molecule has 0 aliphatic carbocycles. The lowest BCUT2D eigenvalue weighted by Crippen LogP contribution is -1.90. The van der Waals surface area contributed by atoms with Gasteiger partial charge in [-0.25, -0.2) is 4.98 Å². The van der Waals surface area contributed by atoms with E-state index < -0.39 is 0 Å². The molecular formula is C16H14N2O. The van der Waals surface area contributed by atoms with Gasteiger partial charge in [-0.05, 0) is 30.4 Å². The van der Waals surface area contributed by atoms with Gasteiger partial charge in [0.05, 0.1) is 11.0 Å². The van der Waals surface area contributed by atoms with E-state index in [1.54, 1.807) is 6.07 Å². The van der Waals surface area contributed by atoms with Gasteiger partial charge in [0.25, 0.3) is 0 Å². The molecule has 1 heterocycles. The van der Waals surface area contributed by atoms with Crippen LogP contribution in [0.25, 0.3) is 23.2 Å². The molecule has 2 aromatic carbocycles. The van der Waals surface area contributed by atoms with Gasteiger partial charge in [-0.2, -0.15) is 0 Å². The van der Waals surface area contributed by atoms with Crippen LogP contribution in [0.15, 0.2) is 48.5 Å². The number of phenols is 1. The van der Waals surface area contributed by atoms with Crippen LogP contribution in [0.3, 0.4) is 0 Å². The molecule has 0 saturated carbocycles. The fraction of sp³-hybridized carbons (Fsp3) is 0.0625. The summed E-state index contributed by atoms with van der Waals surface area (Å²) in [7, 11) is 1.99. The van der Waals surface area contributed by atoms with E-state index in [0.29, 0.717) is 0 Å². The molecule has 1 aromatic heterocycles. The summed E-state index contributed by atoms with van der Waals surface area (Å²) in [6.07, 6.45) is 3.78. The van der Waals surface area contributed by atoms with Gasteiger partial charge in [-0.15, -0.1) is 0 Å². The van der Waals surface area contributed by atoms with Gasteiger partial charge in [0.2, 0.25) is 0 Å². The quantitative estimate of drug-likeness (QED) is 0.756. The molecule has 0 bridgehead atoms. The Hall–Kier alpha value is -2.55. The van der Waals surface area contributed by atoms with Crippen molar-refractivity contribution < 1.29 is 5.11 Å². The maximum atomic E-state index is 9.72. The predicted molar refractivity (Wildman–Crippen MR) is 77.7 cm³/mol. The number of hydrogen-bond acceptors (Lipinski definition) is 2. The average Bonchev–Trinajstić information content (AvgIpc) is 2.75. The van der Waals surface area contributed by atoms with Gasteiger partial charge in [-0.3, -0.25) is 0 Å². The summed E-state index contributed by atoms with van der Waals surface area (Å²) >= 11 is 0. The summed E-state index contributed by atoms with van der Waals surface area (Å²) in [6, 6.07) is 15.3. The first-order valence-electron chi connectivity index (χ1n) is 6.13. The van der Waals surface area contributed by atoms with Crippen molar-refractivity contribution in [3.63, 3.8) is 0 Å². The molecule has 1 N–H and O–H groups in total. The number of rotatable bonds is 2. The Morgan fingerprint density at radius 2 is 1.74 bits per heavy atom. The highest BCUT2D eigenvalue weighted by atomic mass is 16.3. The minimum Gasteiger partial charge on any atom is -0.507 e. The number of aromatic nitrogens is 2. The number of aryl methyl sites for hydroxylation is 1. The summed E-state index contributed by atoms with van der Waals surface area (Å²) in [5, 5.41) is 9.72. The lowest BCUT2D eigenvalue weighted by Gasteiger charge is -1.98. The van der Waals surface area contributed by atoms with Crippen molar-refractivity contribution in [2.24, 2.45) is 7.05 Å². The lowest BCUT2D eigenvalue weighted by molar-refractivity contribution is 0.474. The van der Waals surface area contributed by atoms with Gasteiger partial charge in [-0.1, -0.05) is 30.3 Å². The first-order chi connectivity index (χ1) is 9.25. The van der Waals surface area contributed by atoms with Crippen LogP contribution in [0, 0.1) is 0 Å². The molecule has 3 rings (SSSR count). The molecule has 0 aliphatic heterocycles. The van der Waals surface area contributed by atoms with E-state index in [-0.39, 0.29) is 5.75 Å². The van der Waals surface area contributed by atoms with Crippen molar-refractivity contribution in [2.45, 2.75) is 0 Å². The number of hydrogen-bond donors (Lipinski definition) is 1. The summed E-state index contributed by atoms with van der Waals surface area (Å²) < 4.78 is 2.03. The van der Waals surface area contributed by atoms with Crippen molar-refractivity contribution in [3.8, 4) is 5.75 Å². The number of para-hydroxylation sites is 3. The van der Waals surface area contributed by atoms with E-state index in [9.17, 15) is 5.11 Å². The van der Waals surface area contributed by atoms with E-state index in [1.807, 2.05) is 66.2 Å². The summed E-state index contributed by atoms with van der Waals surface area (Å²) in [4.78, 5) is 4.55. The molecule has 94 valence electrons. The molecule has 0 unspecified atom stereocenters. The number of imidazole rings is 1. The second kappa shape index (κ2) is 4.61. The molecule has 0 atom stereocenters. The molecule has 3 aromatic rings. The third-order valence-corrected chi connectivity index (χ3v) is 3.17. The second-order valence-electron chi connectivity index (χ2n) is 4.41. The molecule has 0 spiro atoms. The molecule has 0 radical (unpaired) electrons. The van der Waals surface area contributed by atoms with Crippen molar-refractivity contribution in [1.82, 2.24) is 9.55 Å². The standard InChI is InChI=1S/C16H14N2O/c1-18-14-8-4-3-7-13(14)17-16(18)11-10-12-6-2-5-9-15(12)19/h2-11,19H,1H3. The number of phenolic OH excluding ortho intramolecular Hbond substituents is 1. The van der Waals surface area contributed by atoms with Crippen molar-refractivity contribution in [1.29, 1.82) is 0 Å². The summed E-state index contributed by atoms with van der Waals surface area (Å²) in [5.74, 6) is 1.14. The van der Waals surface area contributed by atoms with Crippen LogP contribution in [-0.2, 0) is 7.05 Å². The van der Waals surface area contributed by atoms with E-state index >= 15 is 0 Å². The zero-order valence-corrected chi connectivity index (χ0v) is 10.6. The number of benzene rings is 2. The van der Waals surface area contributed by atoms with Crippen LogP contribution < -0.4 is 0 Å². The third kappa shape index (κ3) is 2.10. The molecule has 0 saturated heterocycles. The normalized spacial score (nSPS) is 11.4. The van der Waals surface area contributed by atoms with E-state index in [2.05, 4.69) is 4.98 Å². The largest absolute Gasteiger partial charge is 0.507 e. The predicted octanol–water partition coefficient (Wildman–Crippen LogP) is 3.45. The van der Waals surface area contributed by atoms with Gasteiger partial charge >= 0.3 is 0 Å². The molecule has 3 heteroatoms. The Morgan fingerprint density at radius 1 is 1.00 bits per heavy atom. The number of nitrogens with zero attached hydrogens (tertiary/aromatic N) is 2. The summed E-state index contributed by atoms with van der Waals surface area (Å²) in [5.41, 5.74) is 2.86. The molecule has 0 amide bonds. The highest BCUT2D eigenvalue weighted by molar-refractivity contribution is 5.80. The van der Waals surface area contributed by atoms with Crippen LogP contribution >= 0.6 is 0 Å². The van der Waals surface area contributed by atoms with E-state index in [1.165, 1.54) is 0 Å². The fourth-order valence-electron chi connectivity index (χ4n) is 2.11. The number of fused-ring (bicyclic) bond motifs is 1. The average molecular weight is 250 g/mol. The smallest absolute Gasteiger partial charge is 0.133 e. The Balaban J connectivity index is 2.02. The maximum Gasteiger partial charge on any atom is 0.133 e. The highest BCUT2D eigenvalue weighted by Gasteiger charge is 2.03. The van der Waals surface area contributed by atoms with Gasteiger partial charge in [0.1, 0.15) is 11.6 Å². The Kier molecular flexibility index (Phi) is 2.80. The SMILES string of the molecule is Cn1c(C=Cc2ccccc2O)nc2ccccc21. The van der Waals surface area contributed by atoms with Crippen LogP contribution in [0.5, 0.6) is 5.75 Å². The van der Waals surface area contributed by atoms with Gasteiger partial charge in [0.15, 0.2) is 0 Å². The fourth-order valence-corrected chi connectivity index (χ4v) is 2.11. The monoisotopic (exact) mass is 250 g/mol. The van der Waals surface area contributed by atoms with Gasteiger partial charge < -0.3 is 9.67 Å². The summed E-state index contributed by atoms with van der Waals surface area (Å²) in [6.45, 7) is 0. The van der Waals surface area contributed by atoms with Crippen molar-refractivity contribution in [2.75, 3.05) is 0 Å². The van der Waals surface area contributed by atoms with Gasteiger partial charge in [0, 0.05) is 12.6 Å². The molecule has 19 heavy (non-hydrogen) atoms. The molecule has 0 fully saturated rings. The van der Waals surface area contributed by atoms with Crippen LogP contribution in [-0.4, -0.2) is 14.7 Å². The Bertz CT molecular complexity index is 756. The van der Waals surface area contributed by atoms with Crippen molar-refractivity contribution in [3.05, 3.63) is 59.9 Å². The minimum atomic E-state index is 0.275. The highest BCUT2D eigenvalue weighted by Crippen LogP contribution is 2.20. The first-order valence-corrected chi connectivity index (χ1v) is 6.13. The first kappa shape index (κ1) is 11.5.